The van der Waals surface area contributed by atoms with Gasteiger partial charge in [-0.05, 0) is 13.0 Å². The Bertz CT molecular complexity index is 268. The van der Waals surface area contributed by atoms with E-state index in [1.165, 1.54) is 0 Å². The van der Waals surface area contributed by atoms with E-state index in [0.29, 0.717) is 26.1 Å². The Morgan fingerprint density at radius 2 is 2.25 bits per heavy atom. The molecule has 2 unspecified atom stereocenters. The number of nitrogens with zero attached hydrogens (tertiary/aromatic N) is 1. The quantitative estimate of drug-likeness (QED) is 0.669. The zero-order valence-corrected chi connectivity index (χ0v) is 10.0. The van der Waals surface area contributed by atoms with E-state index in [2.05, 4.69) is 5.32 Å². The normalized spacial score (nSPS) is 22.1. The minimum Gasteiger partial charge on any atom is -0.369 e. The first-order valence-corrected chi connectivity index (χ1v) is 5.85. The summed E-state index contributed by atoms with van der Waals surface area (Å²) in [5.41, 5.74) is 5.23. The van der Waals surface area contributed by atoms with E-state index in [-0.39, 0.29) is 23.7 Å². The molecule has 5 nitrogen and oxygen atoms in total. The molecule has 92 valence electrons. The molecule has 2 amide bonds. The van der Waals surface area contributed by atoms with Crippen LogP contribution in [0.3, 0.4) is 0 Å². The molecule has 1 aliphatic rings. The first-order valence-electron chi connectivity index (χ1n) is 5.85. The van der Waals surface area contributed by atoms with Gasteiger partial charge in [-0.3, -0.25) is 9.59 Å². The van der Waals surface area contributed by atoms with E-state index in [1.807, 2.05) is 13.8 Å². The van der Waals surface area contributed by atoms with Crippen LogP contribution in [0.15, 0.2) is 0 Å². The Morgan fingerprint density at radius 1 is 1.56 bits per heavy atom. The van der Waals surface area contributed by atoms with Crippen molar-refractivity contribution in [3.05, 3.63) is 0 Å². The lowest BCUT2D eigenvalue weighted by molar-refractivity contribution is -0.134. The highest BCUT2D eigenvalue weighted by Gasteiger charge is 2.31. The molecule has 0 aromatic heterocycles. The summed E-state index contributed by atoms with van der Waals surface area (Å²) in [7, 11) is 0. The first kappa shape index (κ1) is 13.0. The molecule has 1 heterocycles. The average Bonchev–Trinajstić information content (AvgIpc) is 2.74. The Labute approximate surface area is 96.4 Å². The fourth-order valence-corrected chi connectivity index (χ4v) is 1.95. The number of carbonyl (C=O) groups excluding carboxylic acids is 2. The van der Waals surface area contributed by atoms with Gasteiger partial charge in [0, 0.05) is 25.6 Å². The van der Waals surface area contributed by atoms with Crippen molar-refractivity contribution in [3.63, 3.8) is 0 Å². The lowest BCUT2D eigenvalue weighted by atomic mass is 10.1. The van der Waals surface area contributed by atoms with Gasteiger partial charge in [-0.2, -0.15) is 0 Å². The van der Waals surface area contributed by atoms with Crippen molar-refractivity contribution in [3.8, 4) is 0 Å². The summed E-state index contributed by atoms with van der Waals surface area (Å²) in [5.74, 6) is -0.374. The van der Waals surface area contributed by atoms with E-state index in [9.17, 15) is 9.59 Å². The highest BCUT2D eigenvalue weighted by Crippen LogP contribution is 2.17. The van der Waals surface area contributed by atoms with Crippen LogP contribution in [0.2, 0.25) is 0 Å². The summed E-state index contributed by atoms with van der Waals surface area (Å²) in [6, 6.07) is 0. The van der Waals surface area contributed by atoms with Crippen LogP contribution in [0.25, 0.3) is 0 Å². The largest absolute Gasteiger partial charge is 0.369 e. The van der Waals surface area contributed by atoms with Crippen LogP contribution in [0.1, 0.15) is 20.3 Å². The van der Waals surface area contributed by atoms with Gasteiger partial charge in [0.1, 0.15) is 0 Å². The second kappa shape index (κ2) is 5.84. The second-order valence-electron chi connectivity index (χ2n) is 4.38. The average molecular weight is 227 g/mol. The summed E-state index contributed by atoms with van der Waals surface area (Å²) >= 11 is 0. The number of nitrogens with two attached hydrogens (primary N) is 1. The number of amides is 2. The summed E-state index contributed by atoms with van der Waals surface area (Å²) in [6.45, 7) is 6.61. The predicted octanol–water partition coefficient (Wildman–Crippen LogP) is -0.434. The molecule has 0 radical (unpaired) electrons. The van der Waals surface area contributed by atoms with Gasteiger partial charge in [0.2, 0.25) is 11.8 Å². The molecule has 0 aromatic rings. The number of primary amides is 1. The van der Waals surface area contributed by atoms with Crippen molar-refractivity contribution in [2.45, 2.75) is 20.3 Å². The highest BCUT2D eigenvalue weighted by molar-refractivity contribution is 5.82. The van der Waals surface area contributed by atoms with Gasteiger partial charge in [0.15, 0.2) is 0 Å². The maximum absolute atomic E-state index is 12.0. The molecule has 3 N–H and O–H groups in total. The van der Waals surface area contributed by atoms with Crippen LogP contribution in [-0.4, -0.2) is 42.9 Å². The van der Waals surface area contributed by atoms with Gasteiger partial charge in [0.25, 0.3) is 0 Å². The Hall–Kier alpha value is -1.10. The van der Waals surface area contributed by atoms with Crippen molar-refractivity contribution >= 4 is 11.8 Å². The van der Waals surface area contributed by atoms with Crippen LogP contribution in [0, 0.1) is 11.8 Å². The van der Waals surface area contributed by atoms with Crippen LogP contribution in [-0.2, 0) is 9.59 Å². The van der Waals surface area contributed by atoms with Gasteiger partial charge < -0.3 is 16.0 Å². The molecule has 0 bridgehead atoms. The Morgan fingerprint density at radius 3 is 2.75 bits per heavy atom. The lowest BCUT2D eigenvalue weighted by Crippen LogP contribution is -2.38. The van der Waals surface area contributed by atoms with Gasteiger partial charge in [-0.15, -0.1) is 0 Å². The maximum atomic E-state index is 12.0. The Balaban J connectivity index is 2.41. The van der Waals surface area contributed by atoms with Gasteiger partial charge in [-0.1, -0.05) is 13.8 Å². The zero-order valence-electron chi connectivity index (χ0n) is 10.0. The number of nitrogens with one attached hydrogen (secondary N) is 1. The van der Waals surface area contributed by atoms with Crippen LogP contribution >= 0.6 is 0 Å². The minimum absolute atomic E-state index is 0.0356. The maximum Gasteiger partial charge on any atom is 0.226 e. The summed E-state index contributed by atoms with van der Waals surface area (Å²) < 4.78 is 0. The molecule has 1 fully saturated rings. The van der Waals surface area contributed by atoms with Crippen molar-refractivity contribution in [1.82, 2.24) is 10.2 Å². The van der Waals surface area contributed by atoms with E-state index in [0.717, 1.165) is 6.54 Å². The number of likely N-dealkylation sites (tertiary alicyclic amines) is 1. The van der Waals surface area contributed by atoms with Crippen molar-refractivity contribution in [2.75, 3.05) is 26.2 Å². The molecule has 1 saturated heterocycles. The van der Waals surface area contributed by atoms with Crippen molar-refractivity contribution in [2.24, 2.45) is 17.6 Å². The van der Waals surface area contributed by atoms with E-state index in [4.69, 9.17) is 5.73 Å². The SMILES string of the molecule is CCNCC(C)C(=O)N1CCC(C(N)=O)C1. The number of carbonyl (C=O) groups is 2. The van der Waals surface area contributed by atoms with Gasteiger partial charge >= 0.3 is 0 Å². The second-order valence-corrected chi connectivity index (χ2v) is 4.38. The molecule has 1 aliphatic heterocycles. The summed E-state index contributed by atoms with van der Waals surface area (Å²) in [4.78, 5) is 24.7. The third kappa shape index (κ3) is 3.20. The third-order valence-corrected chi connectivity index (χ3v) is 3.02. The molecule has 5 heteroatoms. The van der Waals surface area contributed by atoms with Crippen LogP contribution < -0.4 is 11.1 Å². The molecule has 0 spiro atoms. The molecule has 0 aromatic carbocycles. The lowest BCUT2D eigenvalue weighted by Gasteiger charge is -2.20. The fourth-order valence-electron chi connectivity index (χ4n) is 1.95. The smallest absolute Gasteiger partial charge is 0.226 e. The van der Waals surface area contributed by atoms with Crippen LogP contribution in [0.4, 0.5) is 0 Å². The van der Waals surface area contributed by atoms with Gasteiger partial charge in [-0.25, -0.2) is 0 Å². The monoisotopic (exact) mass is 227 g/mol. The van der Waals surface area contributed by atoms with E-state index < -0.39 is 0 Å². The van der Waals surface area contributed by atoms with Crippen molar-refractivity contribution < 1.29 is 9.59 Å². The first-order chi connectivity index (χ1) is 7.56. The number of hydrogen-bond donors (Lipinski definition) is 2. The zero-order chi connectivity index (χ0) is 12.1. The van der Waals surface area contributed by atoms with E-state index >= 15 is 0 Å². The third-order valence-electron chi connectivity index (χ3n) is 3.02. The van der Waals surface area contributed by atoms with E-state index in [1.54, 1.807) is 4.90 Å². The molecule has 16 heavy (non-hydrogen) atoms. The van der Waals surface area contributed by atoms with Crippen molar-refractivity contribution in [1.29, 1.82) is 0 Å². The predicted molar refractivity (Wildman–Crippen MR) is 61.6 cm³/mol. The molecular weight excluding hydrogens is 206 g/mol. The minimum atomic E-state index is -0.297. The number of rotatable bonds is 5. The summed E-state index contributed by atoms with van der Waals surface area (Å²) in [5, 5.41) is 3.15. The molecule has 0 aliphatic carbocycles. The number of hydrogen-bond acceptors (Lipinski definition) is 3. The Kier molecular flexibility index (Phi) is 4.73. The molecule has 2 atom stereocenters. The fraction of sp³-hybridized carbons (Fsp3) is 0.818. The highest BCUT2D eigenvalue weighted by atomic mass is 16.2. The summed E-state index contributed by atoms with van der Waals surface area (Å²) in [6.07, 6.45) is 0.703. The molecular formula is C11H21N3O2. The molecule has 0 saturated carbocycles. The van der Waals surface area contributed by atoms with Gasteiger partial charge in [0.05, 0.1) is 5.92 Å². The van der Waals surface area contributed by atoms with Crippen LogP contribution in [0.5, 0.6) is 0 Å². The standard InChI is InChI=1S/C11H21N3O2/c1-3-13-6-8(2)11(16)14-5-4-9(7-14)10(12)15/h8-9,13H,3-7H2,1-2H3,(H2,12,15). The molecule has 1 rings (SSSR count). The topological polar surface area (TPSA) is 75.4 Å².